The van der Waals surface area contributed by atoms with E-state index in [4.69, 9.17) is 4.74 Å². The van der Waals surface area contributed by atoms with E-state index in [0.29, 0.717) is 22.9 Å². The molecule has 27 heavy (non-hydrogen) atoms. The zero-order chi connectivity index (χ0) is 18.6. The summed E-state index contributed by atoms with van der Waals surface area (Å²) in [7, 11) is 0. The van der Waals surface area contributed by atoms with Gasteiger partial charge in [-0.2, -0.15) is 0 Å². The molecule has 0 unspecified atom stereocenters. The van der Waals surface area contributed by atoms with Gasteiger partial charge in [0.1, 0.15) is 0 Å². The van der Waals surface area contributed by atoms with Crippen LogP contribution in [0.3, 0.4) is 0 Å². The van der Waals surface area contributed by atoms with E-state index >= 15 is 0 Å². The predicted octanol–water partition coefficient (Wildman–Crippen LogP) is 4.98. The summed E-state index contributed by atoms with van der Waals surface area (Å²) in [5.41, 5.74) is 1.98. The Morgan fingerprint density at radius 1 is 0.926 bits per heavy atom. The summed E-state index contributed by atoms with van der Waals surface area (Å²) < 4.78 is 5.72. The minimum atomic E-state index is -0.181. The molecule has 132 valence electrons. The SMILES string of the molecule is Cc1ncccc1Oc1ccc(NC(=O)c2ccc3ccccc3c2)cn1. The number of aryl methyl sites for hydroxylation is 1. The van der Waals surface area contributed by atoms with Gasteiger partial charge in [-0.05, 0) is 48.0 Å². The Labute approximate surface area is 156 Å². The van der Waals surface area contributed by atoms with E-state index < -0.39 is 0 Å². The Balaban J connectivity index is 1.47. The molecule has 0 aliphatic heterocycles. The number of carbonyl (C=O) groups excluding carboxylic acids is 1. The number of hydrogen-bond acceptors (Lipinski definition) is 4. The molecule has 0 atom stereocenters. The summed E-state index contributed by atoms with van der Waals surface area (Å²) in [6, 6.07) is 20.7. The van der Waals surface area contributed by atoms with Crippen molar-refractivity contribution in [2.45, 2.75) is 6.92 Å². The predicted molar refractivity (Wildman–Crippen MR) is 105 cm³/mol. The lowest BCUT2D eigenvalue weighted by Gasteiger charge is -2.09. The first-order valence-electron chi connectivity index (χ1n) is 8.55. The van der Waals surface area contributed by atoms with Gasteiger partial charge in [-0.3, -0.25) is 9.78 Å². The van der Waals surface area contributed by atoms with E-state index in [1.54, 1.807) is 30.6 Å². The van der Waals surface area contributed by atoms with Crippen molar-refractivity contribution in [1.82, 2.24) is 9.97 Å². The molecule has 4 aromatic rings. The highest BCUT2D eigenvalue weighted by Gasteiger charge is 2.08. The highest BCUT2D eigenvalue weighted by molar-refractivity contribution is 6.06. The molecule has 2 aromatic heterocycles. The standard InChI is InChI=1S/C22H17N3O2/c1-15-20(7-4-12-23-15)27-21-11-10-19(14-24-21)25-22(26)18-9-8-16-5-2-3-6-17(16)13-18/h2-14H,1H3,(H,25,26). The molecule has 5 nitrogen and oxygen atoms in total. The first kappa shape index (κ1) is 16.7. The van der Waals surface area contributed by atoms with E-state index in [1.165, 1.54) is 0 Å². The Morgan fingerprint density at radius 2 is 1.78 bits per heavy atom. The minimum Gasteiger partial charge on any atom is -0.437 e. The third-order valence-electron chi connectivity index (χ3n) is 4.18. The van der Waals surface area contributed by atoms with Crippen molar-refractivity contribution >= 4 is 22.4 Å². The van der Waals surface area contributed by atoms with Crippen LogP contribution < -0.4 is 10.1 Å². The fraction of sp³-hybridized carbons (Fsp3) is 0.0455. The van der Waals surface area contributed by atoms with Crippen molar-refractivity contribution in [3.05, 3.63) is 90.4 Å². The first-order chi connectivity index (χ1) is 13.2. The number of nitrogens with one attached hydrogen (secondary N) is 1. The number of rotatable bonds is 4. The summed E-state index contributed by atoms with van der Waals surface area (Å²) >= 11 is 0. The van der Waals surface area contributed by atoms with Gasteiger partial charge in [0.05, 0.1) is 17.6 Å². The van der Waals surface area contributed by atoms with Crippen LogP contribution >= 0.6 is 0 Å². The third-order valence-corrected chi connectivity index (χ3v) is 4.18. The number of benzene rings is 2. The topological polar surface area (TPSA) is 64.1 Å². The number of hydrogen-bond donors (Lipinski definition) is 1. The monoisotopic (exact) mass is 355 g/mol. The Hall–Kier alpha value is -3.73. The van der Waals surface area contributed by atoms with Gasteiger partial charge in [0, 0.05) is 17.8 Å². The van der Waals surface area contributed by atoms with E-state index in [9.17, 15) is 4.79 Å². The smallest absolute Gasteiger partial charge is 0.255 e. The lowest BCUT2D eigenvalue weighted by Crippen LogP contribution is -2.11. The maximum absolute atomic E-state index is 12.5. The zero-order valence-corrected chi connectivity index (χ0v) is 14.7. The largest absolute Gasteiger partial charge is 0.437 e. The van der Waals surface area contributed by atoms with Crippen LogP contribution in [0.5, 0.6) is 11.6 Å². The van der Waals surface area contributed by atoms with Crippen molar-refractivity contribution in [3.63, 3.8) is 0 Å². The van der Waals surface area contributed by atoms with Gasteiger partial charge in [0.2, 0.25) is 5.88 Å². The van der Waals surface area contributed by atoms with Gasteiger partial charge in [-0.1, -0.05) is 30.3 Å². The lowest BCUT2D eigenvalue weighted by atomic mass is 10.1. The molecule has 0 bridgehead atoms. The van der Waals surface area contributed by atoms with E-state index in [0.717, 1.165) is 16.5 Å². The first-order valence-corrected chi connectivity index (χ1v) is 8.55. The molecule has 0 aliphatic carbocycles. The van der Waals surface area contributed by atoms with Crippen LogP contribution in [0.4, 0.5) is 5.69 Å². The third kappa shape index (κ3) is 3.77. The Morgan fingerprint density at radius 3 is 2.56 bits per heavy atom. The molecule has 4 rings (SSSR count). The average molecular weight is 355 g/mol. The van der Waals surface area contributed by atoms with Gasteiger partial charge in [0.15, 0.2) is 5.75 Å². The van der Waals surface area contributed by atoms with Crippen molar-refractivity contribution in [3.8, 4) is 11.6 Å². The maximum atomic E-state index is 12.5. The number of ether oxygens (including phenoxy) is 1. The van der Waals surface area contributed by atoms with Crippen molar-refractivity contribution in [2.24, 2.45) is 0 Å². The second-order valence-electron chi connectivity index (χ2n) is 6.09. The van der Waals surface area contributed by atoms with Crippen LogP contribution in [-0.2, 0) is 0 Å². The molecule has 1 N–H and O–H groups in total. The van der Waals surface area contributed by atoms with Crippen molar-refractivity contribution in [1.29, 1.82) is 0 Å². The fourth-order valence-corrected chi connectivity index (χ4v) is 2.74. The molecule has 2 aromatic carbocycles. The van der Waals surface area contributed by atoms with E-state index in [-0.39, 0.29) is 5.91 Å². The highest BCUT2D eigenvalue weighted by atomic mass is 16.5. The van der Waals surface area contributed by atoms with Crippen molar-refractivity contribution < 1.29 is 9.53 Å². The van der Waals surface area contributed by atoms with E-state index in [2.05, 4.69) is 15.3 Å². The number of nitrogens with zero attached hydrogens (tertiary/aromatic N) is 2. The van der Waals surface area contributed by atoms with Gasteiger partial charge >= 0.3 is 0 Å². The minimum absolute atomic E-state index is 0.181. The molecular weight excluding hydrogens is 338 g/mol. The summed E-state index contributed by atoms with van der Waals surface area (Å²) in [6.45, 7) is 1.87. The second-order valence-corrected chi connectivity index (χ2v) is 6.09. The number of pyridine rings is 2. The fourth-order valence-electron chi connectivity index (χ4n) is 2.74. The molecule has 0 saturated heterocycles. The molecule has 0 saturated carbocycles. The van der Waals surface area contributed by atoms with Crippen LogP contribution in [0, 0.1) is 6.92 Å². The quantitative estimate of drug-likeness (QED) is 0.560. The van der Waals surface area contributed by atoms with Crippen LogP contribution in [0.2, 0.25) is 0 Å². The molecular formula is C22H17N3O2. The zero-order valence-electron chi connectivity index (χ0n) is 14.7. The number of carbonyl (C=O) groups is 1. The van der Waals surface area contributed by atoms with Crippen LogP contribution in [0.25, 0.3) is 10.8 Å². The number of aromatic nitrogens is 2. The summed E-state index contributed by atoms with van der Waals surface area (Å²) in [5.74, 6) is 0.909. The molecule has 5 heteroatoms. The number of anilines is 1. The van der Waals surface area contributed by atoms with E-state index in [1.807, 2.05) is 55.5 Å². The molecule has 0 spiro atoms. The second kappa shape index (κ2) is 7.25. The van der Waals surface area contributed by atoms with Gasteiger partial charge in [0.25, 0.3) is 5.91 Å². The molecule has 0 aliphatic rings. The van der Waals surface area contributed by atoms with Crippen LogP contribution in [0.15, 0.2) is 79.1 Å². The summed E-state index contributed by atoms with van der Waals surface area (Å²) in [5, 5.41) is 4.98. The Bertz CT molecular complexity index is 1110. The Kier molecular flexibility index (Phi) is 4.49. The maximum Gasteiger partial charge on any atom is 0.255 e. The van der Waals surface area contributed by atoms with Gasteiger partial charge < -0.3 is 10.1 Å². The average Bonchev–Trinajstić information content (AvgIpc) is 2.71. The number of amides is 1. The molecule has 0 radical (unpaired) electrons. The normalized spacial score (nSPS) is 10.6. The summed E-state index contributed by atoms with van der Waals surface area (Å²) in [6.07, 6.45) is 3.28. The van der Waals surface area contributed by atoms with Gasteiger partial charge in [-0.15, -0.1) is 0 Å². The molecule has 1 amide bonds. The van der Waals surface area contributed by atoms with Crippen molar-refractivity contribution in [2.75, 3.05) is 5.32 Å². The summed E-state index contributed by atoms with van der Waals surface area (Å²) in [4.78, 5) is 20.9. The van der Waals surface area contributed by atoms with Crippen LogP contribution in [0.1, 0.15) is 16.1 Å². The van der Waals surface area contributed by atoms with Gasteiger partial charge in [-0.25, -0.2) is 4.98 Å². The highest BCUT2D eigenvalue weighted by Crippen LogP contribution is 2.23. The van der Waals surface area contributed by atoms with Crippen LogP contribution in [-0.4, -0.2) is 15.9 Å². The molecule has 2 heterocycles. The number of fused-ring (bicyclic) bond motifs is 1. The molecule has 0 fully saturated rings. The lowest BCUT2D eigenvalue weighted by molar-refractivity contribution is 0.102.